The average molecular weight is 291 g/mol. The van der Waals surface area contributed by atoms with Gasteiger partial charge in [-0.05, 0) is 42.4 Å². The van der Waals surface area contributed by atoms with Crippen LogP contribution in [0.15, 0.2) is 24.3 Å². The maximum absolute atomic E-state index is 12.0. The molecule has 1 aromatic carbocycles. The van der Waals surface area contributed by atoms with Crippen LogP contribution in [-0.2, 0) is 11.2 Å². The van der Waals surface area contributed by atoms with Gasteiger partial charge in [0.25, 0.3) is 0 Å². The van der Waals surface area contributed by atoms with E-state index in [-0.39, 0.29) is 5.91 Å². The Labute approximate surface area is 129 Å². The maximum atomic E-state index is 12.0. The maximum Gasteiger partial charge on any atom is 0.224 e. The Morgan fingerprint density at radius 3 is 2.14 bits per heavy atom. The summed E-state index contributed by atoms with van der Waals surface area (Å²) in [6, 6.07) is 7.73. The number of carbonyl (C=O) groups excluding carboxylic acids is 1. The van der Waals surface area contributed by atoms with Crippen LogP contribution in [0.4, 0.5) is 0 Å². The van der Waals surface area contributed by atoms with Gasteiger partial charge in [-0.1, -0.05) is 39.8 Å². The third-order valence-corrected chi connectivity index (χ3v) is 3.85. The van der Waals surface area contributed by atoms with Gasteiger partial charge < -0.3 is 10.1 Å². The van der Waals surface area contributed by atoms with Crippen molar-refractivity contribution in [3.05, 3.63) is 29.8 Å². The van der Waals surface area contributed by atoms with Crippen LogP contribution < -0.4 is 10.1 Å². The SMILES string of the molecule is CCOc1ccc(CC(=O)NCC(C(C)C)C(C)C)cc1. The van der Waals surface area contributed by atoms with Crippen LogP contribution >= 0.6 is 0 Å². The first-order valence-electron chi connectivity index (χ1n) is 7.92. The molecule has 0 spiro atoms. The molecule has 0 radical (unpaired) electrons. The second-order valence-corrected chi connectivity index (χ2v) is 6.21. The lowest BCUT2D eigenvalue weighted by molar-refractivity contribution is -0.120. The first-order valence-corrected chi connectivity index (χ1v) is 7.92. The van der Waals surface area contributed by atoms with Crippen molar-refractivity contribution in [2.24, 2.45) is 17.8 Å². The molecule has 0 saturated heterocycles. The summed E-state index contributed by atoms with van der Waals surface area (Å²) < 4.78 is 5.40. The quantitative estimate of drug-likeness (QED) is 0.793. The van der Waals surface area contributed by atoms with Crippen molar-refractivity contribution in [1.82, 2.24) is 5.32 Å². The Kier molecular flexibility index (Phi) is 7.27. The number of hydrogen-bond donors (Lipinski definition) is 1. The van der Waals surface area contributed by atoms with E-state index >= 15 is 0 Å². The van der Waals surface area contributed by atoms with Crippen molar-refractivity contribution in [3.63, 3.8) is 0 Å². The molecule has 1 N–H and O–H groups in total. The molecule has 0 aliphatic carbocycles. The van der Waals surface area contributed by atoms with Crippen LogP contribution in [0.1, 0.15) is 40.2 Å². The second kappa shape index (κ2) is 8.71. The Balaban J connectivity index is 2.46. The van der Waals surface area contributed by atoms with Crippen molar-refractivity contribution in [3.8, 4) is 5.75 Å². The zero-order valence-corrected chi connectivity index (χ0v) is 14.0. The minimum Gasteiger partial charge on any atom is -0.494 e. The molecule has 21 heavy (non-hydrogen) atoms. The third kappa shape index (κ3) is 6.19. The average Bonchev–Trinajstić information content (AvgIpc) is 2.40. The van der Waals surface area contributed by atoms with Crippen LogP contribution in [0, 0.1) is 17.8 Å². The third-order valence-electron chi connectivity index (χ3n) is 3.85. The van der Waals surface area contributed by atoms with Crippen molar-refractivity contribution in [1.29, 1.82) is 0 Å². The fraction of sp³-hybridized carbons (Fsp3) is 0.611. The smallest absolute Gasteiger partial charge is 0.224 e. The number of nitrogens with one attached hydrogen (secondary N) is 1. The monoisotopic (exact) mass is 291 g/mol. The molecule has 0 unspecified atom stereocenters. The number of amides is 1. The highest BCUT2D eigenvalue weighted by Crippen LogP contribution is 2.19. The van der Waals surface area contributed by atoms with Gasteiger partial charge in [0.05, 0.1) is 13.0 Å². The van der Waals surface area contributed by atoms with Crippen LogP contribution in [0.25, 0.3) is 0 Å². The van der Waals surface area contributed by atoms with E-state index in [1.54, 1.807) is 0 Å². The molecular weight excluding hydrogens is 262 g/mol. The Hall–Kier alpha value is -1.51. The molecule has 118 valence electrons. The number of hydrogen-bond acceptors (Lipinski definition) is 2. The molecule has 0 aromatic heterocycles. The summed E-state index contributed by atoms with van der Waals surface area (Å²) in [6.07, 6.45) is 0.426. The summed E-state index contributed by atoms with van der Waals surface area (Å²) in [5, 5.41) is 3.06. The van der Waals surface area contributed by atoms with Gasteiger partial charge in [0.15, 0.2) is 0 Å². The Bertz CT molecular complexity index is 415. The molecule has 3 nitrogen and oxygen atoms in total. The summed E-state index contributed by atoms with van der Waals surface area (Å²) in [4.78, 5) is 12.0. The second-order valence-electron chi connectivity index (χ2n) is 6.21. The van der Waals surface area contributed by atoms with Crippen molar-refractivity contribution in [2.45, 2.75) is 41.0 Å². The lowest BCUT2D eigenvalue weighted by atomic mass is 9.85. The number of benzene rings is 1. The molecule has 0 aliphatic heterocycles. The lowest BCUT2D eigenvalue weighted by Gasteiger charge is -2.25. The van der Waals surface area contributed by atoms with Crippen LogP contribution in [-0.4, -0.2) is 19.1 Å². The largest absolute Gasteiger partial charge is 0.494 e. The zero-order chi connectivity index (χ0) is 15.8. The minimum atomic E-state index is 0.0884. The van der Waals surface area contributed by atoms with Crippen molar-refractivity contribution in [2.75, 3.05) is 13.2 Å². The predicted molar refractivity (Wildman–Crippen MR) is 87.5 cm³/mol. The predicted octanol–water partition coefficient (Wildman–Crippen LogP) is 3.67. The highest BCUT2D eigenvalue weighted by atomic mass is 16.5. The van der Waals surface area contributed by atoms with Crippen molar-refractivity contribution < 1.29 is 9.53 Å². The highest BCUT2D eigenvalue weighted by Gasteiger charge is 2.18. The number of ether oxygens (including phenoxy) is 1. The molecular formula is C18H29NO2. The molecule has 0 saturated carbocycles. The summed E-state index contributed by atoms with van der Waals surface area (Å²) in [5.74, 6) is 2.62. The molecule has 1 aromatic rings. The van der Waals surface area contributed by atoms with Crippen LogP contribution in [0.2, 0.25) is 0 Å². The molecule has 1 amide bonds. The van der Waals surface area contributed by atoms with E-state index in [9.17, 15) is 4.79 Å². The highest BCUT2D eigenvalue weighted by molar-refractivity contribution is 5.78. The van der Waals surface area contributed by atoms with E-state index in [2.05, 4.69) is 33.0 Å². The summed E-state index contributed by atoms with van der Waals surface area (Å²) in [7, 11) is 0. The Morgan fingerprint density at radius 1 is 1.10 bits per heavy atom. The van der Waals surface area contributed by atoms with Crippen molar-refractivity contribution >= 4 is 5.91 Å². The minimum absolute atomic E-state index is 0.0884. The first kappa shape index (κ1) is 17.5. The van der Waals surface area contributed by atoms with Crippen LogP contribution in [0.5, 0.6) is 5.75 Å². The van der Waals surface area contributed by atoms with Gasteiger partial charge >= 0.3 is 0 Å². The van der Waals surface area contributed by atoms with Gasteiger partial charge in [-0.3, -0.25) is 4.79 Å². The molecule has 0 fully saturated rings. The van der Waals surface area contributed by atoms with Gasteiger partial charge in [0.1, 0.15) is 5.75 Å². The lowest BCUT2D eigenvalue weighted by Crippen LogP contribution is -2.34. The Morgan fingerprint density at radius 2 is 1.67 bits per heavy atom. The van der Waals surface area contributed by atoms with E-state index in [0.717, 1.165) is 17.9 Å². The fourth-order valence-electron chi connectivity index (χ4n) is 2.59. The molecule has 0 heterocycles. The normalized spacial score (nSPS) is 11.2. The zero-order valence-electron chi connectivity index (χ0n) is 14.0. The van der Waals surface area contributed by atoms with E-state index in [1.165, 1.54) is 0 Å². The summed E-state index contributed by atoms with van der Waals surface area (Å²) in [6.45, 7) is 12.2. The van der Waals surface area contributed by atoms with Gasteiger partial charge in [-0.25, -0.2) is 0 Å². The molecule has 0 atom stereocenters. The molecule has 0 bridgehead atoms. The fourth-order valence-corrected chi connectivity index (χ4v) is 2.59. The summed E-state index contributed by atoms with van der Waals surface area (Å²) in [5.41, 5.74) is 1.02. The van der Waals surface area contributed by atoms with Crippen LogP contribution in [0.3, 0.4) is 0 Å². The van der Waals surface area contributed by atoms with E-state index in [0.29, 0.717) is 30.8 Å². The number of carbonyl (C=O) groups is 1. The summed E-state index contributed by atoms with van der Waals surface area (Å²) >= 11 is 0. The topological polar surface area (TPSA) is 38.3 Å². The van der Waals surface area contributed by atoms with Gasteiger partial charge in [-0.2, -0.15) is 0 Å². The molecule has 3 heteroatoms. The van der Waals surface area contributed by atoms with Gasteiger partial charge in [0, 0.05) is 6.54 Å². The van der Waals surface area contributed by atoms with E-state index in [4.69, 9.17) is 4.74 Å². The van der Waals surface area contributed by atoms with E-state index < -0.39 is 0 Å². The van der Waals surface area contributed by atoms with Gasteiger partial charge in [0.2, 0.25) is 5.91 Å². The van der Waals surface area contributed by atoms with Gasteiger partial charge in [-0.15, -0.1) is 0 Å². The molecule has 0 aliphatic rings. The molecule has 1 rings (SSSR count). The van der Waals surface area contributed by atoms with E-state index in [1.807, 2.05) is 31.2 Å². The first-order chi connectivity index (χ1) is 9.93. The standard InChI is InChI=1S/C18H29NO2/c1-6-21-16-9-7-15(8-10-16)11-18(20)19-12-17(13(2)3)14(4)5/h7-10,13-14,17H,6,11-12H2,1-5H3,(H,19,20). The number of rotatable bonds is 8.